The van der Waals surface area contributed by atoms with Crippen molar-refractivity contribution in [3.63, 3.8) is 0 Å². The van der Waals surface area contributed by atoms with Gasteiger partial charge in [0.1, 0.15) is 6.26 Å². The largest absolute Gasteiger partial charge is 0.478 e. The number of carboxylic acids is 1. The molecule has 1 saturated heterocycles. The molecule has 0 radical (unpaired) electrons. The summed E-state index contributed by atoms with van der Waals surface area (Å²) in [6.07, 6.45) is 0.610. The number of hydrogen-bond donors (Lipinski definition) is 2. The highest BCUT2D eigenvalue weighted by Crippen LogP contribution is 2.17. The number of nitrogens with zero attached hydrogens (tertiary/aromatic N) is 1. The standard InChI is InChI=1S/C12H15NO6/c1-7-5-18-9(4-14)3-13(7)11(15)10-2-8(6-19-10)12(16)17/h2,6-7,9,14H,3-5H2,1H3,(H,16,17). The van der Waals surface area contributed by atoms with E-state index in [1.54, 1.807) is 0 Å². The summed E-state index contributed by atoms with van der Waals surface area (Å²) in [5.74, 6) is -1.57. The van der Waals surface area contributed by atoms with E-state index in [9.17, 15) is 9.59 Å². The van der Waals surface area contributed by atoms with Crippen LogP contribution in [-0.2, 0) is 4.74 Å². The predicted molar refractivity (Wildman–Crippen MR) is 63.0 cm³/mol. The first-order valence-corrected chi connectivity index (χ1v) is 5.88. The summed E-state index contributed by atoms with van der Waals surface area (Å²) in [7, 11) is 0. The Labute approximate surface area is 109 Å². The zero-order valence-electron chi connectivity index (χ0n) is 10.4. The van der Waals surface area contributed by atoms with E-state index in [4.69, 9.17) is 19.4 Å². The lowest BCUT2D eigenvalue weighted by atomic mass is 10.2. The van der Waals surface area contributed by atoms with Crippen LogP contribution >= 0.6 is 0 Å². The van der Waals surface area contributed by atoms with E-state index in [0.717, 1.165) is 6.26 Å². The first kappa shape index (κ1) is 13.6. The van der Waals surface area contributed by atoms with Gasteiger partial charge in [-0.3, -0.25) is 4.79 Å². The van der Waals surface area contributed by atoms with E-state index in [0.29, 0.717) is 6.61 Å². The quantitative estimate of drug-likeness (QED) is 0.813. The highest BCUT2D eigenvalue weighted by atomic mass is 16.5. The van der Waals surface area contributed by atoms with Gasteiger partial charge in [0.15, 0.2) is 5.76 Å². The van der Waals surface area contributed by atoms with Gasteiger partial charge in [-0.2, -0.15) is 0 Å². The van der Waals surface area contributed by atoms with E-state index in [-0.39, 0.29) is 30.5 Å². The van der Waals surface area contributed by atoms with Crippen LogP contribution in [0.2, 0.25) is 0 Å². The zero-order chi connectivity index (χ0) is 14.0. The minimum Gasteiger partial charge on any atom is -0.478 e. The molecule has 0 spiro atoms. The SMILES string of the molecule is CC1COC(CO)CN1C(=O)c1cc(C(=O)O)co1. The molecule has 1 aliphatic rings. The minimum absolute atomic E-state index is 0.0251. The van der Waals surface area contributed by atoms with E-state index >= 15 is 0 Å². The molecule has 19 heavy (non-hydrogen) atoms. The fourth-order valence-corrected chi connectivity index (χ4v) is 1.91. The molecule has 0 aliphatic carbocycles. The number of ether oxygens (including phenoxy) is 1. The Hall–Kier alpha value is -1.86. The molecule has 0 bridgehead atoms. The van der Waals surface area contributed by atoms with Crippen molar-refractivity contribution in [1.29, 1.82) is 0 Å². The van der Waals surface area contributed by atoms with Gasteiger partial charge in [-0.15, -0.1) is 0 Å². The van der Waals surface area contributed by atoms with E-state index in [2.05, 4.69) is 0 Å². The summed E-state index contributed by atoms with van der Waals surface area (Å²) >= 11 is 0. The average molecular weight is 269 g/mol. The van der Waals surface area contributed by atoms with E-state index in [1.807, 2.05) is 6.92 Å². The highest BCUT2D eigenvalue weighted by molar-refractivity contribution is 5.95. The Balaban J connectivity index is 2.14. The number of carbonyl (C=O) groups excluding carboxylic acids is 1. The van der Waals surface area contributed by atoms with Gasteiger partial charge < -0.3 is 24.3 Å². The zero-order valence-corrected chi connectivity index (χ0v) is 10.4. The molecule has 2 heterocycles. The Kier molecular flexibility index (Phi) is 3.87. The lowest BCUT2D eigenvalue weighted by molar-refractivity contribution is -0.0673. The second-order valence-corrected chi connectivity index (χ2v) is 4.45. The van der Waals surface area contributed by atoms with Gasteiger partial charge in [0.05, 0.1) is 30.9 Å². The van der Waals surface area contributed by atoms with Gasteiger partial charge >= 0.3 is 5.97 Å². The molecule has 104 valence electrons. The molecule has 1 aromatic rings. The molecule has 1 fully saturated rings. The van der Waals surface area contributed by atoms with Crippen molar-refractivity contribution >= 4 is 11.9 Å². The number of rotatable bonds is 3. The Morgan fingerprint density at radius 1 is 1.53 bits per heavy atom. The van der Waals surface area contributed by atoms with Gasteiger partial charge in [0.2, 0.25) is 0 Å². The van der Waals surface area contributed by atoms with Gasteiger partial charge in [-0.05, 0) is 6.92 Å². The van der Waals surface area contributed by atoms with Crippen LogP contribution < -0.4 is 0 Å². The second kappa shape index (κ2) is 5.41. The summed E-state index contributed by atoms with van der Waals surface area (Å²) in [6, 6.07) is 1.04. The molecule has 2 rings (SSSR count). The monoisotopic (exact) mass is 269 g/mol. The van der Waals surface area contributed by atoms with E-state index < -0.39 is 18.0 Å². The van der Waals surface area contributed by atoms with Crippen LogP contribution in [0.15, 0.2) is 16.7 Å². The number of carboxylic acid groups (broad SMARTS) is 1. The minimum atomic E-state index is -1.15. The molecular formula is C12H15NO6. The summed E-state index contributed by atoms with van der Waals surface area (Å²) < 4.78 is 10.3. The number of hydrogen-bond acceptors (Lipinski definition) is 5. The Bertz CT molecular complexity index is 482. The number of aliphatic hydroxyl groups excluding tert-OH is 1. The van der Waals surface area contributed by atoms with Crippen LogP contribution in [0.5, 0.6) is 0 Å². The molecule has 2 N–H and O–H groups in total. The van der Waals surface area contributed by atoms with Crippen molar-refractivity contribution in [2.45, 2.75) is 19.1 Å². The van der Waals surface area contributed by atoms with Crippen molar-refractivity contribution in [3.05, 3.63) is 23.7 Å². The molecule has 0 saturated carbocycles. The van der Waals surface area contributed by atoms with Gasteiger partial charge in [-0.1, -0.05) is 0 Å². The van der Waals surface area contributed by atoms with Crippen molar-refractivity contribution in [3.8, 4) is 0 Å². The van der Waals surface area contributed by atoms with Crippen molar-refractivity contribution in [1.82, 2.24) is 4.90 Å². The summed E-state index contributed by atoms with van der Waals surface area (Å²) in [5.41, 5.74) is -0.0667. The Morgan fingerprint density at radius 3 is 2.84 bits per heavy atom. The third-order valence-electron chi connectivity index (χ3n) is 3.03. The highest BCUT2D eigenvalue weighted by Gasteiger charge is 2.31. The molecule has 1 amide bonds. The van der Waals surface area contributed by atoms with Crippen molar-refractivity contribution in [2.24, 2.45) is 0 Å². The maximum absolute atomic E-state index is 12.2. The molecule has 1 aliphatic heterocycles. The molecule has 1 aromatic heterocycles. The van der Waals surface area contributed by atoms with Crippen LogP contribution in [0.3, 0.4) is 0 Å². The summed E-state index contributed by atoms with van der Waals surface area (Å²) in [6.45, 7) is 2.21. The third-order valence-corrected chi connectivity index (χ3v) is 3.03. The maximum Gasteiger partial charge on any atom is 0.338 e. The first-order chi connectivity index (χ1) is 9.02. The van der Waals surface area contributed by atoms with Crippen LogP contribution in [0.4, 0.5) is 0 Å². The normalized spacial score (nSPS) is 23.4. The van der Waals surface area contributed by atoms with Crippen molar-refractivity contribution in [2.75, 3.05) is 19.8 Å². The fraction of sp³-hybridized carbons (Fsp3) is 0.500. The molecular weight excluding hydrogens is 254 g/mol. The van der Waals surface area contributed by atoms with E-state index in [1.165, 1.54) is 11.0 Å². The number of aliphatic hydroxyl groups is 1. The molecule has 2 atom stereocenters. The lowest BCUT2D eigenvalue weighted by Crippen LogP contribution is -2.51. The van der Waals surface area contributed by atoms with Crippen molar-refractivity contribution < 1.29 is 29.0 Å². The van der Waals surface area contributed by atoms with Crippen LogP contribution in [0.1, 0.15) is 27.8 Å². The topological polar surface area (TPSA) is 100 Å². The second-order valence-electron chi connectivity index (χ2n) is 4.45. The fourth-order valence-electron chi connectivity index (χ4n) is 1.91. The number of furan rings is 1. The Morgan fingerprint density at radius 2 is 2.26 bits per heavy atom. The predicted octanol–water partition coefficient (Wildman–Crippen LogP) is 0.200. The number of amides is 1. The van der Waals surface area contributed by atoms with Crippen LogP contribution in [0, 0.1) is 0 Å². The van der Waals surface area contributed by atoms with Gasteiger partial charge in [-0.25, -0.2) is 4.79 Å². The number of carbonyl (C=O) groups is 2. The molecule has 7 nitrogen and oxygen atoms in total. The summed E-state index contributed by atoms with van der Waals surface area (Å²) in [5, 5.41) is 17.8. The molecule has 0 aromatic carbocycles. The number of aromatic carboxylic acids is 1. The van der Waals surface area contributed by atoms with Gasteiger partial charge in [0.25, 0.3) is 5.91 Å². The smallest absolute Gasteiger partial charge is 0.338 e. The first-order valence-electron chi connectivity index (χ1n) is 5.88. The van der Waals surface area contributed by atoms with Crippen LogP contribution in [-0.4, -0.2) is 58.9 Å². The van der Waals surface area contributed by atoms with Gasteiger partial charge in [0, 0.05) is 12.6 Å². The third kappa shape index (κ3) is 2.77. The number of morpholine rings is 1. The molecule has 2 unspecified atom stereocenters. The van der Waals surface area contributed by atoms with Crippen LogP contribution in [0.25, 0.3) is 0 Å². The maximum atomic E-state index is 12.2. The lowest BCUT2D eigenvalue weighted by Gasteiger charge is -2.36. The molecule has 7 heteroatoms. The summed E-state index contributed by atoms with van der Waals surface area (Å²) in [4.78, 5) is 24.5. The average Bonchev–Trinajstić information content (AvgIpc) is 2.88.